The maximum absolute atomic E-state index is 12.1. The first kappa shape index (κ1) is 18.4. The highest BCUT2D eigenvalue weighted by Gasteiger charge is 2.29. The largest absolute Gasteiger partial charge is 0.496 e. The molecule has 0 saturated heterocycles. The minimum absolute atomic E-state index is 0.212. The van der Waals surface area contributed by atoms with Gasteiger partial charge in [0.05, 0.1) is 18.9 Å². The number of nitrogens with zero attached hydrogens (tertiary/aromatic N) is 1. The molecule has 0 aliphatic rings. The molecular weight excluding hydrogens is 304 g/mol. The lowest BCUT2D eigenvalue weighted by Gasteiger charge is -2.33. The van der Waals surface area contributed by atoms with Crippen molar-refractivity contribution in [2.45, 2.75) is 26.3 Å². The first-order valence-electron chi connectivity index (χ1n) is 6.96. The lowest BCUT2D eigenvalue weighted by Crippen LogP contribution is -2.48. The van der Waals surface area contributed by atoms with E-state index in [4.69, 9.17) is 4.74 Å². The van der Waals surface area contributed by atoms with Crippen LogP contribution in [0.4, 0.5) is 0 Å². The van der Waals surface area contributed by atoms with E-state index in [1.54, 1.807) is 24.3 Å². The highest BCUT2D eigenvalue weighted by Crippen LogP contribution is 2.18. The van der Waals surface area contributed by atoms with Crippen LogP contribution >= 0.6 is 0 Å². The monoisotopic (exact) mass is 328 g/mol. The van der Waals surface area contributed by atoms with E-state index in [-0.39, 0.29) is 19.0 Å². The predicted octanol–water partition coefficient (Wildman–Crippen LogP) is 1.49. The van der Waals surface area contributed by atoms with E-state index in [1.807, 2.05) is 20.8 Å². The minimum Gasteiger partial charge on any atom is -0.496 e. The lowest BCUT2D eigenvalue weighted by molar-refractivity contribution is 0.0945. The number of amides is 1. The highest BCUT2D eigenvalue weighted by atomic mass is 32.2. The molecule has 0 fully saturated rings. The van der Waals surface area contributed by atoms with Gasteiger partial charge in [0.2, 0.25) is 10.0 Å². The molecule has 0 heterocycles. The predicted molar refractivity (Wildman–Crippen MR) is 86.6 cm³/mol. The third-order valence-electron chi connectivity index (χ3n) is 3.10. The van der Waals surface area contributed by atoms with Gasteiger partial charge in [-0.15, -0.1) is 0 Å². The maximum Gasteiger partial charge on any atom is 0.255 e. The summed E-state index contributed by atoms with van der Waals surface area (Å²) in [6, 6.07) is 6.88. The van der Waals surface area contributed by atoms with E-state index in [0.29, 0.717) is 11.3 Å². The molecule has 0 atom stereocenters. The standard InChI is InChI=1S/C15H24N2O4S/c1-15(2,3)17(22(5,19)20)11-10-16-14(18)12-8-6-7-9-13(12)21-4/h6-9H,10-11H2,1-5H3,(H,16,18). The van der Waals surface area contributed by atoms with Crippen LogP contribution in [0.25, 0.3) is 0 Å². The van der Waals surface area contributed by atoms with Gasteiger partial charge in [-0.25, -0.2) is 8.42 Å². The summed E-state index contributed by atoms with van der Waals surface area (Å²) in [6.45, 7) is 5.88. The molecule has 124 valence electrons. The smallest absolute Gasteiger partial charge is 0.255 e. The molecule has 0 unspecified atom stereocenters. The number of methoxy groups -OCH3 is 1. The molecular formula is C15H24N2O4S. The molecule has 1 rings (SSSR count). The Morgan fingerprint density at radius 2 is 1.86 bits per heavy atom. The normalized spacial score (nSPS) is 12.3. The SMILES string of the molecule is COc1ccccc1C(=O)NCCN(C(C)(C)C)S(C)(=O)=O. The fourth-order valence-electron chi connectivity index (χ4n) is 2.20. The molecule has 0 radical (unpaired) electrons. The summed E-state index contributed by atoms with van der Waals surface area (Å²) >= 11 is 0. The van der Waals surface area contributed by atoms with E-state index in [9.17, 15) is 13.2 Å². The first-order valence-corrected chi connectivity index (χ1v) is 8.81. The number of rotatable bonds is 6. The topological polar surface area (TPSA) is 75.7 Å². The van der Waals surface area contributed by atoms with Gasteiger partial charge in [-0.2, -0.15) is 4.31 Å². The molecule has 22 heavy (non-hydrogen) atoms. The van der Waals surface area contributed by atoms with Gasteiger partial charge in [0.15, 0.2) is 0 Å². The quantitative estimate of drug-likeness (QED) is 0.858. The Kier molecular flexibility index (Phi) is 5.96. The number of nitrogens with one attached hydrogen (secondary N) is 1. The van der Waals surface area contributed by atoms with Crippen LogP contribution in [0.2, 0.25) is 0 Å². The summed E-state index contributed by atoms with van der Waals surface area (Å²) in [4.78, 5) is 12.1. The lowest BCUT2D eigenvalue weighted by atomic mass is 10.1. The van der Waals surface area contributed by atoms with Gasteiger partial charge in [0, 0.05) is 18.6 Å². The molecule has 7 heteroatoms. The Labute approximate surface area is 132 Å². The van der Waals surface area contributed by atoms with Crippen LogP contribution in [0.15, 0.2) is 24.3 Å². The van der Waals surface area contributed by atoms with Crippen LogP contribution in [0, 0.1) is 0 Å². The number of para-hydroxylation sites is 1. The zero-order valence-electron chi connectivity index (χ0n) is 13.7. The Morgan fingerprint density at radius 1 is 1.27 bits per heavy atom. The van der Waals surface area contributed by atoms with Gasteiger partial charge in [-0.05, 0) is 32.9 Å². The maximum atomic E-state index is 12.1. The number of carbonyl (C=O) groups excluding carboxylic acids is 1. The molecule has 1 N–H and O–H groups in total. The van der Waals surface area contributed by atoms with Crippen molar-refractivity contribution in [1.82, 2.24) is 9.62 Å². The molecule has 1 aromatic rings. The molecule has 0 saturated carbocycles. The van der Waals surface area contributed by atoms with Crippen molar-refractivity contribution in [1.29, 1.82) is 0 Å². The van der Waals surface area contributed by atoms with Crippen molar-refractivity contribution < 1.29 is 17.9 Å². The van der Waals surface area contributed by atoms with Crippen LogP contribution < -0.4 is 10.1 Å². The number of sulfonamides is 1. The van der Waals surface area contributed by atoms with Gasteiger partial charge in [0.1, 0.15) is 5.75 Å². The Hall–Kier alpha value is -1.60. The fourth-order valence-corrected chi connectivity index (χ4v) is 3.61. The van der Waals surface area contributed by atoms with E-state index >= 15 is 0 Å². The average Bonchev–Trinajstić information content (AvgIpc) is 2.40. The summed E-state index contributed by atoms with van der Waals surface area (Å²) in [6.07, 6.45) is 1.17. The zero-order chi connectivity index (χ0) is 17.0. The van der Waals surface area contributed by atoms with E-state index in [2.05, 4.69) is 5.32 Å². The van der Waals surface area contributed by atoms with E-state index in [1.165, 1.54) is 17.7 Å². The van der Waals surface area contributed by atoms with Crippen molar-refractivity contribution >= 4 is 15.9 Å². The Balaban J connectivity index is 2.72. The third-order valence-corrected chi connectivity index (χ3v) is 4.63. The summed E-state index contributed by atoms with van der Waals surface area (Å²) in [5.41, 5.74) is -0.116. The van der Waals surface area contributed by atoms with Crippen LogP contribution in [0.1, 0.15) is 31.1 Å². The number of carbonyl (C=O) groups is 1. The first-order chi connectivity index (χ1) is 10.1. The van der Waals surface area contributed by atoms with Gasteiger partial charge in [-0.3, -0.25) is 4.79 Å². The van der Waals surface area contributed by atoms with E-state index < -0.39 is 15.6 Å². The van der Waals surface area contributed by atoms with Crippen LogP contribution in [-0.4, -0.2) is 50.6 Å². The van der Waals surface area contributed by atoms with Crippen molar-refractivity contribution in [3.05, 3.63) is 29.8 Å². The van der Waals surface area contributed by atoms with Crippen LogP contribution in [0.5, 0.6) is 5.75 Å². The fraction of sp³-hybridized carbons (Fsp3) is 0.533. The number of hydrogen-bond acceptors (Lipinski definition) is 4. The molecule has 0 spiro atoms. The highest BCUT2D eigenvalue weighted by molar-refractivity contribution is 7.88. The second-order valence-electron chi connectivity index (χ2n) is 5.96. The molecule has 0 aliphatic carbocycles. The van der Waals surface area contributed by atoms with Crippen LogP contribution in [-0.2, 0) is 10.0 Å². The number of benzene rings is 1. The molecule has 0 aromatic heterocycles. The van der Waals surface area contributed by atoms with Crippen molar-refractivity contribution in [2.24, 2.45) is 0 Å². The molecule has 6 nitrogen and oxygen atoms in total. The molecule has 1 aromatic carbocycles. The van der Waals surface area contributed by atoms with Gasteiger partial charge in [0.25, 0.3) is 5.91 Å². The Morgan fingerprint density at radius 3 is 2.36 bits per heavy atom. The Bertz CT molecular complexity index is 621. The van der Waals surface area contributed by atoms with Crippen molar-refractivity contribution in [2.75, 3.05) is 26.5 Å². The summed E-state index contributed by atoms with van der Waals surface area (Å²) < 4.78 is 30.1. The summed E-state index contributed by atoms with van der Waals surface area (Å²) in [7, 11) is -1.84. The van der Waals surface area contributed by atoms with Crippen molar-refractivity contribution in [3.63, 3.8) is 0 Å². The molecule has 0 bridgehead atoms. The second-order valence-corrected chi connectivity index (χ2v) is 7.87. The van der Waals surface area contributed by atoms with Crippen LogP contribution in [0.3, 0.4) is 0 Å². The minimum atomic E-state index is -3.34. The number of hydrogen-bond donors (Lipinski definition) is 1. The van der Waals surface area contributed by atoms with Gasteiger partial charge in [-0.1, -0.05) is 12.1 Å². The number of ether oxygens (including phenoxy) is 1. The van der Waals surface area contributed by atoms with Crippen molar-refractivity contribution in [3.8, 4) is 5.75 Å². The van der Waals surface area contributed by atoms with Gasteiger partial charge >= 0.3 is 0 Å². The second kappa shape index (κ2) is 7.11. The molecule has 0 aliphatic heterocycles. The van der Waals surface area contributed by atoms with Gasteiger partial charge < -0.3 is 10.1 Å². The zero-order valence-corrected chi connectivity index (χ0v) is 14.5. The third kappa shape index (κ3) is 4.99. The molecule has 1 amide bonds. The summed E-state index contributed by atoms with van der Waals surface area (Å²) in [5.74, 6) is 0.190. The van der Waals surface area contributed by atoms with E-state index in [0.717, 1.165) is 0 Å². The average molecular weight is 328 g/mol. The summed E-state index contributed by atoms with van der Waals surface area (Å²) in [5, 5.41) is 2.72.